The summed E-state index contributed by atoms with van der Waals surface area (Å²) >= 11 is 0. The maximum Gasteiger partial charge on any atom is 0.194 e. The SMILES string of the molecule is CCNC(=NCCC1CC1)N1CC(C)(C)C1(C)C. The Hall–Kier alpha value is -0.730. The van der Waals surface area contributed by atoms with Crippen LogP contribution in [0.25, 0.3) is 0 Å². The molecule has 18 heavy (non-hydrogen) atoms. The first-order chi connectivity index (χ1) is 8.38. The maximum absolute atomic E-state index is 4.81. The molecule has 0 radical (unpaired) electrons. The van der Waals surface area contributed by atoms with Crippen LogP contribution in [0.1, 0.15) is 53.9 Å². The van der Waals surface area contributed by atoms with Crippen LogP contribution >= 0.6 is 0 Å². The normalized spacial score (nSPS) is 25.8. The molecule has 0 atom stereocenters. The summed E-state index contributed by atoms with van der Waals surface area (Å²) in [5, 5.41) is 3.45. The lowest BCUT2D eigenvalue weighted by Gasteiger charge is -2.62. The van der Waals surface area contributed by atoms with Gasteiger partial charge in [-0.25, -0.2) is 0 Å². The molecular weight excluding hydrogens is 222 g/mol. The molecule has 1 heterocycles. The van der Waals surface area contributed by atoms with Gasteiger partial charge in [0.1, 0.15) is 0 Å². The van der Waals surface area contributed by atoms with Crippen LogP contribution in [0.5, 0.6) is 0 Å². The molecule has 0 spiro atoms. The molecule has 0 unspecified atom stereocenters. The van der Waals surface area contributed by atoms with Crippen molar-refractivity contribution in [1.82, 2.24) is 10.2 Å². The lowest BCUT2D eigenvalue weighted by atomic mass is 9.65. The van der Waals surface area contributed by atoms with Crippen molar-refractivity contribution in [2.24, 2.45) is 16.3 Å². The van der Waals surface area contributed by atoms with Crippen molar-refractivity contribution in [3.05, 3.63) is 0 Å². The van der Waals surface area contributed by atoms with E-state index in [0.29, 0.717) is 5.41 Å². The molecule has 2 fully saturated rings. The zero-order valence-corrected chi connectivity index (χ0v) is 12.7. The van der Waals surface area contributed by atoms with Gasteiger partial charge in [-0.15, -0.1) is 0 Å². The molecule has 0 bridgehead atoms. The van der Waals surface area contributed by atoms with E-state index in [9.17, 15) is 0 Å². The van der Waals surface area contributed by atoms with Gasteiger partial charge >= 0.3 is 0 Å². The highest BCUT2D eigenvalue weighted by Crippen LogP contribution is 2.46. The van der Waals surface area contributed by atoms with Gasteiger partial charge in [0.2, 0.25) is 0 Å². The average molecular weight is 251 g/mol. The Bertz CT molecular complexity index is 327. The van der Waals surface area contributed by atoms with Gasteiger partial charge in [-0.1, -0.05) is 26.7 Å². The second-order valence-corrected chi connectivity index (χ2v) is 7.00. The van der Waals surface area contributed by atoms with Crippen LogP contribution < -0.4 is 5.32 Å². The third-order valence-corrected chi connectivity index (χ3v) is 4.97. The van der Waals surface area contributed by atoms with Crippen molar-refractivity contribution in [3.63, 3.8) is 0 Å². The van der Waals surface area contributed by atoms with E-state index in [1.54, 1.807) is 0 Å². The van der Waals surface area contributed by atoms with Gasteiger partial charge in [0.05, 0.1) is 0 Å². The van der Waals surface area contributed by atoms with Gasteiger partial charge in [0.15, 0.2) is 5.96 Å². The quantitative estimate of drug-likeness (QED) is 0.614. The Kier molecular flexibility index (Phi) is 3.61. The summed E-state index contributed by atoms with van der Waals surface area (Å²) in [5.74, 6) is 2.08. The minimum atomic E-state index is 0.202. The molecule has 0 aromatic carbocycles. The number of rotatable bonds is 4. The molecule has 2 aliphatic rings. The molecule has 1 aliphatic heterocycles. The number of guanidine groups is 1. The molecule has 1 N–H and O–H groups in total. The molecule has 2 rings (SSSR count). The highest BCUT2D eigenvalue weighted by Gasteiger charge is 2.53. The first-order valence-electron chi connectivity index (χ1n) is 7.44. The van der Waals surface area contributed by atoms with Crippen molar-refractivity contribution in [2.45, 2.75) is 59.4 Å². The summed E-state index contributed by atoms with van der Waals surface area (Å²) in [7, 11) is 0. The summed E-state index contributed by atoms with van der Waals surface area (Å²) in [6.07, 6.45) is 4.12. The van der Waals surface area contributed by atoms with Crippen molar-refractivity contribution < 1.29 is 0 Å². The van der Waals surface area contributed by atoms with Gasteiger partial charge in [0.25, 0.3) is 0 Å². The van der Waals surface area contributed by atoms with Gasteiger partial charge in [-0.05, 0) is 33.1 Å². The third kappa shape index (κ3) is 2.50. The predicted molar refractivity (Wildman–Crippen MR) is 77.9 cm³/mol. The highest BCUT2D eigenvalue weighted by atomic mass is 15.4. The molecule has 1 saturated heterocycles. The summed E-state index contributed by atoms with van der Waals surface area (Å²) in [6.45, 7) is 14.5. The Morgan fingerprint density at radius 3 is 2.39 bits per heavy atom. The van der Waals surface area contributed by atoms with E-state index in [1.165, 1.54) is 19.3 Å². The number of nitrogens with one attached hydrogen (secondary N) is 1. The number of hydrogen-bond acceptors (Lipinski definition) is 1. The van der Waals surface area contributed by atoms with E-state index in [2.05, 4.69) is 44.8 Å². The lowest BCUT2D eigenvalue weighted by molar-refractivity contribution is -0.0667. The van der Waals surface area contributed by atoms with Crippen LogP contribution in [0.4, 0.5) is 0 Å². The summed E-state index contributed by atoms with van der Waals surface area (Å²) in [6, 6.07) is 0. The van der Waals surface area contributed by atoms with E-state index in [1.807, 2.05) is 0 Å². The van der Waals surface area contributed by atoms with E-state index >= 15 is 0 Å². The van der Waals surface area contributed by atoms with E-state index < -0.39 is 0 Å². The van der Waals surface area contributed by atoms with Crippen molar-refractivity contribution in [3.8, 4) is 0 Å². The zero-order chi connectivity index (χ0) is 13.4. The summed E-state index contributed by atoms with van der Waals surface area (Å²) in [5.41, 5.74) is 0.577. The number of likely N-dealkylation sites (tertiary alicyclic amines) is 1. The van der Waals surface area contributed by atoms with E-state index in [-0.39, 0.29) is 5.54 Å². The molecule has 1 aliphatic carbocycles. The Labute approximate surface area is 112 Å². The molecule has 0 aromatic heterocycles. The molecule has 0 aromatic rings. The summed E-state index contributed by atoms with van der Waals surface area (Å²) < 4.78 is 0. The second-order valence-electron chi connectivity index (χ2n) is 7.00. The van der Waals surface area contributed by atoms with Gasteiger partial charge in [-0.3, -0.25) is 4.99 Å². The Balaban J connectivity index is 1.96. The molecule has 3 nitrogen and oxygen atoms in total. The molecular formula is C15H29N3. The van der Waals surface area contributed by atoms with E-state index in [4.69, 9.17) is 4.99 Å². The minimum absolute atomic E-state index is 0.202. The first kappa shape index (κ1) is 13.7. The third-order valence-electron chi connectivity index (χ3n) is 4.97. The zero-order valence-electron chi connectivity index (χ0n) is 12.7. The van der Waals surface area contributed by atoms with Crippen LogP contribution in [0.3, 0.4) is 0 Å². The Morgan fingerprint density at radius 1 is 1.28 bits per heavy atom. The van der Waals surface area contributed by atoms with Crippen molar-refractivity contribution in [1.29, 1.82) is 0 Å². The van der Waals surface area contributed by atoms with Crippen LogP contribution in [0.2, 0.25) is 0 Å². The first-order valence-corrected chi connectivity index (χ1v) is 7.44. The van der Waals surface area contributed by atoms with Gasteiger partial charge < -0.3 is 10.2 Å². The number of aliphatic imine (C=N–C) groups is 1. The van der Waals surface area contributed by atoms with Gasteiger partial charge in [-0.2, -0.15) is 0 Å². The van der Waals surface area contributed by atoms with Crippen molar-refractivity contribution in [2.75, 3.05) is 19.6 Å². The second kappa shape index (κ2) is 4.75. The average Bonchev–Trinajstić information content (AvgIpc) is 3.09. The highest BCUT2D eigenvalue weighted by molar-refractivity contribution is 5.82. The fourth-order valence-electron chi connectivity index (χ4n) is 2.55. The smallest absolute Gasteiger partial charge is 0.194 e. The topological polar surface area (TPSA) is 27.6 Å². The fraction of sp³-hybridized carbons (Fsp3) is 0.933. The van der Waals surface area contributed by atoms with Crippen LogP contribution in [-0.4, -0.2) is 36.0 Å². The van der Waals surface area contributed by atoms with Crippen molar-refractivity contribution >= 4 is 5.96 Å². The standard InChI is InChI=1S/C15H29N3/c1-6-16-13(17-10-9-12-7-8-12)18-11-14(2,3)15(18,4)5/h12H,6-11H2,1-5H3,(H,16,17). The van der Waals surface area contributed by atoms with Crippen LogP contribution in [0, 0.1) is 11.3 Å². The largest absolute Gasteiger partial charge is 0.356 e. The minimum Gasteiger partial charge on any atom is -0.356 e. The summed E-state index contributed by atoms with van der Waals surface area (Å²) in [4.78, 5) is 7.24. The molecule has 0 amide bonds. The molecule has 3 heteroatoms. The monoisotopic (exact) mass is 251 g/mol. The predicted octanol–water partition coefficient (Wildman–Crippen LogP) is 2.87. The van der Waals surface area contributed by atoms with Crippen LogP contribution in [0.15, 0.2) is 4.99 Å². The number of nitrogens with zero attached hydrogens (tertiary/aromatic N) is 2. The number of hydrogen-bond donors (Lipinski definition) is 1. The maximum atomic E-state index is 4.81. The van der Waals surface area contributed by atoms with E-state index in [0.717, 1.165) is 31.5 Å². The fourth-order valence-corrected chi connectivity index (χ4v) is 2.55. The molecule has 104 valence electrons. The molecule has 1 saturated carbocycles. The Morgan fingerprint density at radius 2 is 1.94 bits per heavy atom. The van der Waals surface area contributed by atoms with Crippen LogP contribution in [-0.2, 0) is 0 Å². The lowest BCUT2D eigenvalue weighted by Crippen LogP contribution is -2.72. The van der Waals surface area contributed by atoms with Gasteiger partial charge in [0, 0.05) is 30.6 Å².